The predicted octanol–water partition coefficient (Wildman–Crippen LogP) is 4.02. The zero-order valence-electron chi connectivity index (χ0n) is 19.9. The fourth-order valence-corrected chi connectivity index (χ4v) is 4.56. The maximum atomic E-state index is 15.2. The number of nitrogens with zero attached hydrogens (tertiary/aromatic N) is 2. The molecule has 1 aromatic carbocycles. The standard InChI is InChI=1S/C25H24F5N3O5/c26-24(27,21-10-15-12-31-20(25(28,29)30)11-18(15)38-21)23(35)32-16(13-33-5-1-2-6-33)22(34)14-3-4-17-19(9-14)37-8-7-36-17/h3-4,9-12,16,22,34H,1-2,5-8,13H2,(H,32,35). The maximum Gasteiger partial charge on any atom is 0.433 e. The van der Waals surface area contributed by atoms with E-state index in [1.54, 1.807) is 12.1 Å². The third-order valence-electron chi connectivity index (χ3n) is 6.55. The highest BCUT2D eigenvalue weighted by atomic mass is 19.4. The second-order valence-electron chi connectivity index (χ2n) is 9.23. The average Bonchev–Trinajstić information content (AvgIpc) is 3.56. The molecule has 2 atom stereocenters. The number of rotatable bonds is 7. The molecule has 2 aliphatic heterocycles. The minimum Gasteiger partial charge on any atom is -0.486 e. The normalized spacial score (nSPS) is 17.9. The number of benzene rings is 1. The highest BCUT2D eigenvalue weighted by molar-refractivity contribution is 5.86. The number of likely N-dealkylation sites (tertiary alicyclic amines) is 1. The molecule has 5 rings (SSSR count). The number of halogens is 5. The van der Waals surface area contributed by atoms with Crippen molar-refractivity contribution in [3.05, 3.63) is 53.5 Å². The molecular formula is C25H24F5N3O5. The predicted molar refractivity (Wildman–Crippen MR) is 123 cm³/mol. The Bertz CT molecular complexity index is 1320. The van der Waals surface area contributed by atoms with Crippen LogP contribution in [0.15, 0.2) is 40.9 Å². The van der Waals surface area contributed by atoms with Gasteiger partial charge in [0, 0.05) is 24.2 Å². The topological polar surface area (TPSA) is 97.1 Å². The Morgan fingerprint density at radius 1 is 1.05 bits per heavy atom. The van der Waals surface area contributed by atoms with Crippen LogP contribution < -0.4 is 14.8 Å². The summed E-state index contributed by atoms with van der Waals surface area (Å²) < 4.78 is 85.2. The van der Waals surface area contributed by atoms with Crippen molar-refractivity contribution < 1.29 is 45.7 Å². The number of carbonyl (C=O) groups excluding carboxylic acids is 1. The molecule has 38 heavy (non-hydrogen) atoms. The molecule has 2 aliphatic rings. The lowest BCUT2D eigenvalue weighted by Gasteiger charge is -2.30. The molecule has 1 fully saturated rings. The number of ether oxygens (including phenoxy) is 2. The molecule has 2 aromatic heterocycles. The first-order chi connectivity index (χ1) is 18.0. The first kappa shape index (κ1) is 26.2. The molecule has 1 amide bonds. The van der Waals surface area contributed by atoms with Crippen molar-refractivity contribution in [3.8, 4) is 11.5 Å². The highest BCUT2D eigenvalue weighted by Crippen LogP contribution is 2.37. The molecule has 0 bridgehead atoms. The van der Waals surface area contributed by atoms with Crippen molar-refractivity contribution in [2.45, 2.75) is 37.1 Å². The van der Waals surface area contributed by atoms with Crippen LogP contribution in [-0.4, -0.2) is 59.8 Å². The molecular weight excluding hydrogens is 517 g/mol. The van der Waals surface area contributed by atoms with Crippen LogP contribution in [0.5, 0.6) is 11.5 Å². The number of hydrogen-bond donors (Lipinski definition) is 2. The molecule has 3 aromatic rings. The number of hydrogen-bond acceptors (Lipinski definition) is 7. The van der Waals surface area contributed by atoms with Crippen LogP contribution in [0.4, 0.5) is 22.0 Å². The molecule has 0 aliphatic carbocycles. The molecule has 0 radical (unpaired) electrons. The number of pyridine rings is 1. The second-order valence-corrected chi connectivity index (χ2v) is 9.23. The van der Waals surface area contributed by atoms with Crippen molar-refractivity contribution >= 4 is 16.9 Å². The maximum absolute atomic E-state index is 15.2. The number of aliphatic hydroxyl groups is 1. The molecule has 0 spiro atoms. The van der Waals surface area contributed by atoms with Crippen molar-refractivity contribution in [3.63, 3.8) is 0 Å². The Balaban J connectivity index is 1.39. The first-order valence-corrected chi connectivity index (χ1v) is 12.0. The smallest absolute Gasteiger partial charge is 0.433 e. The number of carbonyl (C=O) groups is 1. The van der Waals surface area contributed by atoms with Crippen LogP contribution >= 0.6 is 0 Å². The van der Waals surface area contributed by atoms with Gasteiger partial charge < -0.3 is 29.2 Å². The van der Waals surface area contributed by atoms with Gasteiger partial charge in [-0.3, -0.25) is 9.78 Å². The van der Waals surface area contributed by atoms with E-state index in [-0.39, 0.29) is 11.9 Å². The van der Waals surface area contributed by atoms with Crippen molar-refractivity contribution in [1.82, 2.24) is 15.2 Å². The molecule has 0 saturated carbocycles. The van der Waals surface area contributed by atoms with Gasteiger partial charge in [-0.15, -0.1) is 0 Å². The number of nitrogens with one attached hydrogen (secondary N) is 1. The van der Waals surface area contributed by atoms with Crippen LogP contribution in [0.1, 0.15) is 36.0 Å². The summed E-state index contributed by atoms with van der Waals surface area (Å²) in [5, 5.41) is 13.2. The summed E-state index contributed by atoms with van der Waals surface area (Å²) in [5.41, 5.74) is -1.47. The number of alkyl halides is 5. The Hall–Kier alpha value is -3.45. The molecule has 2 unspecified atom stereocenters. The largest absolute Gasteiger partial charge is 0.486 e. The average molecular weight is 541 g/mol. The zero-order valence-corrected chi connectivity index (χ0v) is 19.9. The number of aromatic nitrogens is 1. The molecule has 8 nitrogen and oxygen atoms in total. The van der Waals surface area contributed by atoms with Gasteiger partial charge in [0.2, 0.25) is 0 Å². The van der Waals surface area contributed by atoms with Crippen LogP contribution in [-0.2, 0) is 16.9 Å². The van der Waals surface area contributed by atoms with Gasteiger partial charge in [-0.1, -0.05) is 6.07 Å². The zero-order chi connectivity index (χ0) is 27.1. The molecule has 13 heteroatoms. The van der Waals surface area contributed by atoms with Gasteiger partial charge in [-0.05, 0) is 49.7 Å². The van der Waals surface area contributed by atoms with Gasteiger partial charge in [0.1, 0.15) is 30.6 Å². The fraction of sp³-hybridized carbons (Fsp3) is 0.440. The molecule has 204 valence electrons. The second kappa shape index (κ2) is 10.0. The summed E-state index contributed by atoms with van der Waals surface area (Å²) >= 11 is 0. The van der Waals surface area contributed by atoms with E-state index in [2.05, 4.69) is 10.3 Å². The lowest BCUT2D eigenvalue weighted by molar-refractivity contribution is -0.151. The summed E-state index contributed by atoms with van der Waals surface area (Å²) in [5.74, 6) is -6.28. The van der Waals surface area contributed by atoms with E-state index in [9.17, 15) is 23.1 Å². The van der Waals surface area contributed by atoms with Crippen molar-refractivity contribution in [2.75, 3.05) is 32.8 Å². The minimum atomic E-state index is -4.80. The molecule has 4 heterocycles. The lowest BCUT2D eigenvalue weighted by Crippen LogP contribution is -2.50. The minimum absolute atomic E-state index is 0.0937. The van der Waals surface area contributed by atoms with Crippen LogP contribution in [0, 0.1) is 0 Å². The summed E-state index contributed by atoms with van der Waals surface area (Å²) in [7, 11) is 0. The van der Waals surface area contributed by atoms with Gasteiger partial charge >= 0.3 is 12.1 Å². The Kier molecular flexibility index (Phi) is 6.90. The first-order valence-electron chi connectivity index (χ1n) is 12.0. The van der Waals surface area contributed by atoms with E-state index in [0.717, 1.165) is 25.1 Å². The van der Waals surface area contributed by atoms with Gasteiger partial charge in [0.05, 0.1) is 6.04 Å². The van der Waals surface area contributed by atoms with E-state index >= 15 is 8.78 Å². The lowest BCUT2D eigenvalue weighted by atomic mass is 10.0. The third kappa shape index (κ3) is 5.25. The van der Waals surface area contributed by atoms with Crippen molar-refractivity contribution in [2.24, 2.45) is 0 Å². The summed E-state index contributed by atoms with van der Waals surface area (Å²) in [4.78, 5) is 18.0. The quantitative estimate of drug-likeness (QED) is 0.436. The highest BCUT2D eigenvalue weighted by Gasteiger charge is 2.46. The van der Waals surface area contributed by atoms with Crippen LogP contribution in [0.3, 0.4) is 0 Å². The number of fused-ring (bicyclic) bond motifs is 2. The molecule has 1 saturated heterocycles. The Morgan fingerprint density at radius 2 is 1.76 bits per heavy atom. The number of amides is 1. The summed E-state index contributed by atoms with van der Waals surface area (Å²) in [6.45, 7) is 2.12. The van der Waals surface area contributed by atoms with Crippen molar-refractivity contribution in [1.29, 1.82) is 0 Å². The number of aliphatic hydroxyl groups excluding tert-OH is 1. The van der Waals surface area contributed by atoms with E-state index < -0.39 is 47.2 Å². The van der Waals surface area contributed by atoms with Gasteiger partial charge in [0.25, 0.3) is 5.91 Å². The fourth-order valence-electron chi connectivity index (χ4n) is 4.56. The monoisotopic (exact) mass is 541 g/mol. The van der Waals surface area contributed by atoms with Crippen LogP contribution in [0.25, 0.3) is 11.0 Å². The van der Waals surface area contributed by atoms with Gasteiger partial charge in [-0.25, -0.2) is 0 Å². The third-order valence-corrected chi connectivity index (χ3v) is 6.55. The van der Waals surface area contributed by atoms with Gasteiger partial charge in [0.15, 0.2) is 17.3 Å². The SMILES string of the molecule is O=C(NC(CN1CCCC1)C(O)c1ccc2c(c1)OCCO2)C(F)(F)c1cc2cnc(C(F)(F)F)cc2o1. The Labute approximate surface area is 213 Å². The van der Waals surface area contributed by atoms with Crippen LogP contribution in [0.2, 0.25) is 0 Å². The number of furan rings is 1. The van der Waals surface area contributed by atoms with E-state index in [0.29, 0.717) is 49.4 Å². The summed E-state index contributed by atoms with van der Waals surface area (Å²) in [6, 6.07) is 4.81. The van der Waals surface area contributed by atoms with Gasteiger partial charge in [-0.2, -0.15) is 22.0 Å². The van der Waals surface area contributed by atoms with E-state index in [4.69, 9.17) is 13.9 Å². The summed E-state index contributed by atoms with van der Waals surface area (Å²) in [6.07, 6.45) is -3.64. The molecule has 2 N–H and O–H groups in total. The van der Waals surface area contributed by atoms with E-state index in [1.807, 2.05) is 4.90 Å². The van der Waals surface area contributed by atoms with E-state index in [1.165, 1.54) is 6.07 Å². The Morgan fingerprint density at radius 3 is 2.47 bits per heavy atom.